The van der Waals surface area contributed by atoms with E-state index in [9.17, 15) is 4.79 Å². The van der Waals surface area contributed by atoms with Crippen molar-refractivity contribution in [3.8, 4) is 17.2 Å². The van der Waals surface area contributed by atoms with Crippen LogP contribution in [-0.4, -0.2) is 30.5 Å². The molecule has 3 aromatic carbocycles. The average molecular weight is 473 g/mol. The number of carbonyl (C=O) groups excluding carboxylic acids is 1. The Morgan fingerprint density at radius 1 is 1.03 bits per heavy atom. The van der Waals surface area contributed by atoms with E-state index >= 15 is 0 Å². The molecule has 0 radical (unpaired) electrons. The summed E-state index contributed by atoms with van der Waals surface area (Å²) in [7, 11) is 1.64. The number of amides is 1. The lowest BCUT2D eigenvalue weighted by molar-refractivity contribution is -0.116. The lowest BCUT2D eigenvalue weighted by Crippen LogP contribution is -2.31. The number of carbonyl (C=O) groups is 1. The predicted molar refractivity (Wildman–Crippen MR) is 134 cm³/mol. The molecule has 172 valence electrons. The first-order valence-corrected chi connectivity index (χ1v) is 11.9. The van der Waals surface area contributed by atoms with Gasteiger partial charge in [-0.05, 0) is 54.4 Å². The average Bonchev–Trinajstić information content (AvgIpc) is 3.32. The maximum atomic E-state index is 13.4. The number of pyridine rings is 1. The number of aromatic nitrogens is 1. The highest BCUT2D eigenvalue weighted by atomic mass is 32.2. The van der Waals surface area contributed by atoms with Gasteiger partial charge in [0, 0.05) is 17.1 Å². The number of aryl methyl sites for hydroxylation is 1. The SMILES string of the molecule is COc1ccc(CN(C(=O)CSc2nc3cc4c(cc3cc2C)OCO4)c2ccccc2)cc1. The normalized spacial score (nSPS) is 12.1. The summed E-state index contributed by atoms with van der Waals surface area (Å²) in [5.74, 6) is 2.51. The Balaban J connectivity index is 1.36. The summed E-state index contributed by atoms with van der Waals surface area (Å²) in [4.78, 5) is 20.0. The number of benzene rings is 3. The van der Waals surface area contributed by atoms with Crippen molar-refractivity contribution in [2.45, 2.75) is 18.5 Å². The molecule has 0 unspecified atom stereocenters. The molecule has 0 saturated heterocycles. The van der Waals surface area contributed by atoms with E-state index < -0.39 is 0 Å². The number of ether oxygens (including phenoxy) is 3. The van der Waals surface area contributed by atoms with Crippen molar-refractivity contribution in [3.63, 3.8) is 0 Å². The van der Waals surface area contributed by atoms with Gasteiger partial charge in [-0.15, -0.1) is 0 Å². The summed E-state index contributed by atoms with van der Waals surface area (Å²) in [6.45, 7) is 2.71. The molecule has 0 saturated carbocycles. The predicted octanol–water partition coefficient (Wildman–Crippen LogP) is 5.61. The smallest absolute Gasteiger partial charge is 0.237 e. The zero-order valence-electron chi connectivity index (χ0n) is 19.0. The van der Waals surface area contributed by atoms with Crippen molar-refractivity contribution in [1.82, 2.24) is 4.98 Å². The Morgan fingerprint density at radius 3 is 2.50 bits per heavy atom. The molecule has 0 fully saturated rings. The molecule has 1 amide bonds. The summed E-state index contributed by atoms with van der Waals surface area (Å²) in [5, 5.41) is 1.82. The van der Waals surface area contributed by atoms with Crippen molar-refractivity contribution in [1.29, 1.82) is 0 Å². The maximum absolute atomic E-state index is 13.4. The topological polar surface area (TPSA) is 60.9 Å². The Labute approximate surface area is 202 Å². The van der Waals surface area contributed by atoms with E-state index in [0.717, 1.165) is 44.2 Å². The van der Waals surface area contributed by atoms with Crippen LogP contribution in [-0.2, 0) is 11.3 Å². The minimum Gasteiger partial charge on any atom is -0.497 e. The van der Waals surface area contributed by atoms with Gasteiger partial charge in [-0.2, -0.15) is 0 Å². The first-order chi connectivity index (χ1) is 16.6. The van der Waals surface area contributed by atoms with Crippen LogP contribution in [0.3, 0.4) is 0 Å². The highest BCUT2D eigenvalue weighted by Gasteiger charge is 2.19. The number of anilines is 1. The number of nitrogens with zero attached hydrogens (tertiary/aromatic N) is 2. The quantitative estimate of drug-likeness (QED) is 0.326. The summed E-state index contributed by atoms with van der Waals surface area (Å²) in [6.07, 6.45) is 0. The third-order valence-electron chi connectivity index (χ3n) is 5.65. The van der Waals surface area contributed by atoms with Crippen LogP contribution in [0.25, 0.3) is 10.9 Å². The molecule has 7 heteroatoms. The van der Waals surface area contributed by atoms with Gasteiger partial charge in [-0.3, -0.25) is 4.79 Å². The second-order valence-electron chi connectivity index (χ2n) is 7.96. The third-order valence-corrected chi connectivity index (χ3v) is 6.73. The van der Waals surface area contributed by atoms with Crippen molar-refractivity contribution in [3.05, 3.63) is 83.9 Å². The number of hydrogen-bond acceptors (Lipinski definition) is 6. The number of rotatable bonds is 7. The van der Waals surface area contributed by atoms with Gasteiger partial charge < -0.3 is 19.1 Å². The molecule has 0 bridgehead atoms. The molecule has 0 N–H and O–H groups in total. The van der Waals surface area contributed by atoms with Gasteiger partial charge in [-0.25, -0.2) is 4.98 Å². The molecule has 6 nitrogen and oxygen atoms in total. The monoisotopic (exact) mass is 472 g/mol. The molecule has 0 aliphatic carbocycles. The largest absolute Gasteiger partial charge is 0.497 e. The summed E-state index contributed by atoms with van der Waals surface area (Å²) in [5.41, 5.74) is 3.73. The molecule has 2 heterocycles. The van der Waals surface area contributed by atoms with Gasteiger partial charge >= 0.3 is 0 Å². The lowest BCUT2D eigenvalue weighted by Gasteiger charge is -2.23. The van der Waals surface area contributed by atoms with Gasteiger partial charge in [0.25, 0.3) is 0 Å². The molecular formula is C27H24N2O4S. The van der Waals surface area contributed by atoms with Gasteiger partial charge in [0.15, 0.2) is 11.5 Å². The fraction of sp³-hybridized carbons (Fsp3) is 0.185. The van der Waals surface area contributed by atoms with Gasteiger partial charge in [-0.1, -0.05) is 42.1 Å². The standard InChI is InChI=1S/C27H24N2O4S/c1-18-12-20-13-24-25(33-17-32-24)14-23(20)28-27(18)34-16-26(30)29(21-6-4-3-5-7-21)15-19-8-10-22(31-2)11-9-19/h3-14H,15-17H2,1-2H3. The Bertz CT molecular complexity index is 1330. The van der Waals surface area contributed by atoms with Crippen LogP contribution in [0.5, 0.6) is 17.2 Å². The van der Waals surface area contributed by atoms with E-state index in [2.05, 4.69) is 6.07 Å². The fourth-order valence-corrected chi connectivity index (χ4v) is 4.72. The molecule has 34 heavy (non-hydrogen) atoms. The molecular weight excluding hydrogens is 448 g/mol. The van der Waals surface area contributed by atoms with Crippen LogP contribution in [0.1, 0.15) is 11.1 Å². The first kappa shape index (κ1) is 22.1. The van der Waals surface area contributed by atoms with E-state index in [-0.39, 0.29) is 18.5 Å². The van der Waals surface area contributed by atoms with Crippen molar-refractivity contribution >= 4 is 34.3 Å². The van der Waals surface area contributed by atoms with Gasteiger partial charge in [0.1, 0.15) is 10.8 Å². The van der Waals surface area contributed by atoms with Crippen LogP contribution < -0.4 is 19.1 Å². The maximum Gasteiger partial charge on any atom is 0.237 e. The lowest BCUT2D eigenvalue weighted by atomic mass is 10.1. The number of fused-ring (bicyclic) bond motifs is 2. The van der Waals surface area contributed by atoms with Crippen molar-refractivity contribution in [2.24, 2.45) is 0 Å². The fourth-order valence-electron chi connectivity index (χ4n) is 3.85. The second kappa shape index (κ2) is 9.65. The first-order valence-electron chi connectivity index (χ1n) is 10.9. The Hall–Kier alpha value is -3.71. The van der Waals surface area contributed by atoms with Crippen LogP contribution in [0.2, 0.25) is 0 Å². The number of thioether (sulfide) groups is 1. The Kier molecular flexibility index (Phi) is 6.27. The molecule has 5 rings (SSSR count). The minimum atomic E-state index is 0.0130. The molecule has 4 aromatic rings. The van der Waals surface area contributed by atoms with E-state index in [1.54, 1.807) is 7.11 Å². The zero-order valence-corrected chi connectivity index (χ0v) is 19.8. The number of para-hydroxylation sites is 1. The Morgan fingerprint density at radius 2 is 1.76 bits per heavy atom. The summed E-state index contributed by atoms with van der Waals surface area (Å²) in [6, 6.07) is 23.4. The second-order valence-corrected chi connectivity index (χ2v) is 8.92. The van der Waals surface area contributed by atoms with Crippen molar-refractivity contribution < 1.29 is 19.0 Å². The molecule has 1 aromatic heterocycles. The summed E-state index contributed by atoms with van der Waals surface area (Å²) >= 11 is 1.45. The number of methoxy groups -OCH3 is 1. The van der Waals surface area contributed by atoms with E-state index in [1.807, 2.05) is 78.6 Å². The van der Waals surface area contributed by atoms with E-state index in [0.29, 0.717) is 12.3 Å². The van der Waals surface area contributed by atoms with Crippen LogP contribution >= 0.6 is 11.8 Å². The highest BCUT2D eigenvalue weighted by Crippen LogP contribution is 2.37. The molecule has 1 aliphatic heterocycles. The molecule has 1 aliphatic rings. The van der Waals surface area contributed by atoms with Crippen LogP contribution in [0.15, 0.2) is 77.8 Å². The van der Waals surface area contributed by atoms with E-state index in [4.69, 9.17) is 19.2 Å². The van der Waals surface area contributed by atoms with E-state index in [1.165, 1.54) is 11.8 Å². The van der Waals surface area contributed by atoms with Crippen LogP contribution in [0, 0.1) is 6.92 Å². The molecule has 0 atom stereocenters. The zero-order chi connectivity index (χ0) is 23.5. The number of hydrogen-bond donors (Lipinski definition) is 0. The molecule has 0 spiro atoms. The van der Waals surface area contributed by atoms with Gasteiger partial charge in [0.2, 0.25) is 12.7 Å². The van der Waals surface area contributed by atoms with Gasteiger partial charge in [0.05, 0.1) is 24.9 Å². The van der Waals surface area contributed by atoms with Crippen LogP contribution in [0.4, 0.5) is 5.69 Å². The highest BCUT2D eigenvalue weighted by molar-refractivity contribution is 8.00. The third kappa shape index (κ3) is 4.65. The summed E-state index contributed by atoms with van der Waals surface area (Å²) < 4.78 is 16.2. The van der Waals surface area contributed by atoms with Crippen molar-refractivity contribution in [2.75, 3.05) is 24.6 Å². The minimum absolute atomic E-state index is 0.0130.